The Labute approximate surface area is 137 Å². The zero-order valence-corrected chi connectivity index (χ0v) is 13.5. The van der Waals surface area contributed by atoms with E-state index in [-0.39, 0.29) is 5.92 Å². The molecule has 0 unspecified atom stereocenters. The Hall–Kier alpha value is -2.33. The molecule has 0 heterocycles. The lowest BCUT2D eigenvalue weighted by molar-refractivity contribution is -0.140. The highest BCUT2D eigenvalue weighted by Gasteiger charge is 2.20. The zero-order chi connectivity index (χ0) is 16.7. The number of aliphatic carboxylic acids is 1. The van der Waals surface area contributed by atoms with Crippen molar-refractivity contribution in [3.63, 3.8) is 0 Å². The van der Waals surface area contributed by atoms with Crippen LogP contribution in [0.1, 0.15) is 25.0 Å². The van der Waals surface area contributed by atoms with Crippen molar-refractivity contribution in [2.24, 2.45) is 5.92 Å². The van der Waals surface area contributed by atoms with Crippen LogP contribution in [-0.4, -0.2) is 17.1 Å². The topological polar surface area (TPSA) is 58.6 Å². The van der Waals surface area contributed by atoms with Crippen LogP contribution < -0.4 is 10.1 Å². The fraction of sp³-hybridized carbons (Fsp3) is 0.316. The van der Waals surface area contributed by atoms with E-state index in [9.17, 15) is 4.79 Å². The number of nitrogens with one attached hydrogen (secondary N) is 1. The Kier molecular flexibility index (Phi) is 6.18. The first-order valence-corrected chi connectivity index (χ1v) is 7.78. The number of ether oxygens (including phenoxy) is 1. The van der Waals surface area contributed by atoms with Gasteiger partial charge in [0.05, 0.1) is 0 Å². The quantitative estimate of drug-likeness (QED) is 0.783. The van der Waals surface area contributed by atoms with E-state index >= 15 is 0 Å². The summed E-state index contributed by atoms with van der Waals surface area (Å²) < 4.78 is 5.73. The van der Waals surface area contributed by atoms with Crippen molar-refractivity contribution in [3.05, 3.63) is 65.7 Å². The van der Waals surface area contributed by atoms with Gasteiger partial charge >= 0.3 is 5.97 Å². The molecule has 0 aliphatic carbocycles. The molecule has 0 radical (unpaired) electrons. The maximum atomic E-state index is 11.2. The van der Waals surface area contributed by atoms with Gasteiger partial charge in [-0.25, -0.2) is 0 Å². The number of benzene rings is 2. The van der Waals surface area contributed by atoms with Crippen molar-refractivity contribution in [2.75, 3.05) is 0 Å². The Morgan fingerprint density at radius 3 is 2.26 bits per heavy atom. The van der Waals surface area contributed by atoms with Crippen molar-refractivity contribution in [2.45, 2.75) is 33.0 Å². The summed E-state index contributed by atoms with van der Waals surface area (Å²) in [6.45, 7) is 4.85. The first kappa shape index (κ1) is 17.0. The van der Waals surface area contributed by atoms with Gasteiger partial charge in [-0.15, -0.1) is 0 Å². The van der Waals surface area contributed by atoms with Crippen LogP contribution in [0.2, 0.25) is 0 Å². The molecule has 0 aromatic heterocycles. The Morgan fingerprint density at radius 2 is 1.70 bits per heavy atom. The molecule has 0 spiro atoms. The molecular formula is C19H23NO3. The van der Waals surface area contributed by atoms with Gasteiger partial charge in [-0.05, 0) is 29.2 Å². The maximum absolute atomic E-state index is 11.2. The molecule has 0 aliphatic rings. The van der Waals surface area contributed by atoms with Gasteiger partial charge in [0, 0.05) is 6.54 Å². The number of carbonyl (C=O) groups is 1. The van der Waals surface area contributed by atoms with Crippen LogP contribution in [0.4, 0.5) is 0 Å². The number of hydrogen-bond donors (Lipinski definition) is 2. The van der Waals surface area contributed by atoms with Crippen LogP contribution >= 0.6 is 0 Å². The summed E-state index contributed by atoms with van der Waals surface area (Å²) in [7, 11) is 0. The minimum atomic E-state index is -0.817. The second-order valence-corrected chi connectivity index (χ2v) is 5.86. The molecular weight excluding hydrogens is 290 g/mol. The van der Waals surface area contributed by atoms with Crippen molar-refractivity contribution in [1.82, 2.24) is 5.32 Å². The molecule has 122 valence electrons. The van der Waals surface area contributed by atoms with Crippen LogP contribution in [0.3, 0.4) is 0 Å². The molecule has 2 aromatic carbocycles. The van der Waals surface area contributed by atoms with E-state index < -0.39 is 12.0 Å². The second kappa shape index (κ2) is 8.34. The van der Waals surface area contributed by atoms with Gasteiger partial charge in [0.1, 0.15) is 18.4 Å². The van der Waals surface area contributed by atoms with E-state index in [4.69, 9.17) is 9.84 Å². The van der Waals surface area contributed by atoms with E-state index in [2.05, 4.69) is 5.32 Å². The largest absolute Gasteiger partial charge is 0.489 e. The van der Waals surface area contributed by atoms with Crippen molar-refractivity contribution < 1.29 is 14.6 Å². The summed E-state index contributed by atoms with van der Waals surface area (Å²) in [5.41, 5.74) is 2.16. The molecule has 2 N–H and O–H groups in total. The average molecular weight is 313 g/mol. The molecule has 0 saturated heterocycles. The van der Waals surface area contributed by atoms with Gasteiger partial charge in [-0.2, -0.15) is 0 Å². The van der Waals surface area contributed by atoms with E-state index in [0.717, 1.165) is 16.9 Å². The maximum Gasteiger partial charge on any atom is 0.320 e. The van der Waals surface area contributed by atoms with Crippen LogP contribution in [-0.2, 0) is 17.9 Å². The van der Waals surface area contributed by atoms with Crippen LogP contribution in [0.5, 0.6) is 5.75 Å². The predicted octanol–water partition coefficient (Wildman–Crippen LogP) is 3.46. The van der Waals surface area contributed by atoms with E-state index in [1.165, 1.54) is 0 Å². The molecule has 4 heteroatoms. The van der Waals surface area contributed by atoms with Crippen LogP contribution in [0.25, 0.3) is 0 Å². The van der Waals surface area contributed by atoms with E-state index in [1.807, 2.05) is 68.4 Å². The first-order chi connectivity index (χ1) is 11.1. The Bertz CT molecular complexity index is 608. The fourth-order valence-electron chi connectivity index (χ4n) is 2.28. The van der Waals surface area contributed by atoms with Crippen molar-refractivity contribution >= 4 is 5.97 Å². The van der Waals surface area contributed by atoms with Crippen molar-refractivity contribution in [3.8, 4) is 5.75 Å². The number of hydrogen-bond acceptors (Lipinski definition) is 3. The molecule has 1 atom stereocenters. The number of carboxylic acid groups (broad SMARTS) is 1. The molecule has 2 aromatic rings. The summed E-state index contributed by atoms with van der Waals surface area (Å²) in [4.78, 5) is 11.2. The lowest BCUT2D eigenvalue weighted by Gasteiger charge is -2.18. The lowest BCUT2D eigenvalue weighted by atomic mass is 10.0. The highest BCUT2D eigenvalue weighted by atomic mass is 16.5. The van der Waals surface area contributed by atoms with Gasteiger partial charge in [0.25, 0.3) is 0 Å². The molecule has 23 heavy (non-hydrogen) atoms. The smallest absolute Gasteiger partial charge is 0.320 e. The van der Waals surface area contributed by atoms with E-state index in [1.54, 1.807) is 0 Å². The van der Waals surface area contributed by atoms with Gasteiger partial charge in [-0.1, -0.05) is 56.3 Å². The third kappa shape index (κ3) is 5.42. The fourth-order valence-corrected chi connectivity index (χ4v) is 2.28. The summed E-state index contributed by atoms with van der Waals surface area (Å²) >= 11 is 0. The number of rotatable bonds is 8. The summed E-state index contributed by atoms with van der Waals surface area (Å²) in [6.07, 6.45) is 0. The molecule has 0 aliphatic heterocycles. The van der Waals surface area contributed by atoms with Gasteiger partial charge in [0.2, 0.25) is 0 Å². The minimum absolute atomic E-state index is 0.0426. The van der Waals surface area contributed by atoms with Crippen LogP contribution in [0, 0.1) is 5.92 Å². The highest BCUT2D eigenvalue weighted by Crippen LogP contribution is 2.14. The highest BCUT2D eigenvalue weighted by molar-refractivity contribution is 5.73. The minimum Gasteiger partial charge on any atom is -0.489 e. The zero-order valence-electron chi connectivity index (χ0n) is 13.5. The molecule has 0 saturated carbocycles. The standard InChI is InChI=1S/C19H23NO3/c1-14(2)18(19(21)22)20-12-15-8-10-17(11-9-15)23-13-16-6-4-3-5-7-16/h3-11,14,18,20H,12-13H2,1-2H3,(H,21,22)/t18-/m0/s1. The van der Waals surface area contributed by atoms with Crippen LogP contribution in [0.15, 0.2) is 54.6 Å². The van der Waals surface area contributed by atoms with Gasteiger partial charge < -0.3 is 15.2 Å². The number of carboxylic acids is 1. The summed E-state index contributed by atoms with van der Waals surface area (Å²) in [6, 6.07) is 17.2. The Morgan fingerprint density at radius 1 is 1.04 bits per heavy atom. The molecule has 0 bridgehead atoms. The SMILES string of the molecule is CC(C)[C@H](NCc1ccc(OCc2ccccc2)cc1)C(=O)O. The third-order valence-corrected chi connectivity index (χ3v) is 3.63. The molecule has 0 amide bonds. The Balaban J connectivity index is 1.85. The average Bonchev–Trinajstić information content (AvgIpc) is 2.54. The lowest BCUT2D eigenvalue weighted by Crippen LogP contribution is -2.40. The summed E-state index contributed by atoms with van der Waals surface area (Å²) in [5.74, 6) is 0.0278. The normalized spacial score (nSPS) is 12.1. The molecule has 4 nitrogen and oxygen atoms in total. The van der Waals surface area contributed by atoms with Crippen molar-refractivity contribution in [1.29, 1.82) is 0 Å². The van der Waals surface area contributed by atoms with Gasteiger partial charge in [-0.3, -0.25) is 4.79 Å². The third-order valence-electron chi connectivity index (χ3n) is 3.63. The monoisotopic (exact) mass is 313 g/mol. The van der Waals surface area contributed by atoms with Gasteiger partial charge in [0.15, 0.2) is 0 Å². The predicted molar refractivity (Wildman–Crippen MR) is 90.3 cm³/mol. The first-order valence-electron chi connectivity index (χ1n) is 7.78. The summed E-state index contributed by atoms with van der Waals surface area (Å²) in [5, 5.41) is 12.2. The molecule has 0 fully saturated rings. The van der Waals surface area contributed by atoms with E-state index in [0.29, 0.717) is 13.2 Å². The molecule has 2 rings (SSSR count). The second-order valence-electron chi connectivity index (χ2n) is 5.86.